The minimum atomic E-state index is 0.230. The molecule has 1 aromatic carbocycles. The fraction of sp³-hybridized carbons (Fsp3) is 0.438. The van der Waals surface area contributed by atoms with Gasteiger partial charge >= 0.3 is 0 Å². The van der Waals surface area contributed by atoms with Crippen LogP contribution in [0.15, 0.2) is 30.5 Å². The van der Waals surface area contributed by atoms with E-state index < -0.39 is 0 Å². The lowest BCUT2D eigenvalue weighted by atomic mass is 9.74. The molecule has 0 N–H and O–H groups in total. The number of fused-ring (bicyclic) bond motifs is 3. The number of nitrogens with zero attached hydrogens (tertiary/aromatic N) is 2. The zero-order valence-electron chi connectivity index (χ0n) is 11.2. The molecule has 2 aromatic rings. The fourth-order valence-corrected chi connectivity index (χ4v) is 3.39. The lowest BCUT2D eigenvalue weighted by Crippen LogP contribution is -2.41. The first-order valence-corrected chi connectivity index (χ1v) is 6.97. The Labute approximate surface area is 113 Å². The van der Waals surface area contributed by atoms with Gasteiger partial charge in [-0.1, -0.05) is 6.07 Å². The van der Waals surface area contributed by atoms with Crippen molar-refractivity contribution >= 4 is 10.9 Å². The summed E-state index contributed by atoms with van der Waals surface area (Å²) >= 11 is 0. The van der Waals surface area contributed by atoms with E-state index >= 15 is 0 Å². The van der Waals surface area contributed by atoms with Crippen molar-refractivity contribution in [2.45, 2.75) is 18.3 Å². The molecule has 1 aromatic heterocycles. The van der Waals surface area contributed by atoms with Crippen LogP contribution in [0.4, 0.5) is 0 Å². The van der Waals surface area contributed by atoms with Crippen molar-refractivity contribution in [3.8, 4) is 5.75 Å². The molecule has 0 aliphatic carbocycles. The Bertz CT molecular complexity index is 630. The molecule has 0 amide bonds. The highest BCUT2D eigenvalue weighted by molar-refractivity contribution is 5.82. The maximum absolute atomic E-state index is 5.99. The van der Waals surface area contributed by atoms with E-state index in [1.165, 1.54) is 23.8 Å². The van der Waals surface area contributed by atoms with Crippen LogP contribution in [0.2, 0.25) is 0 Å². The van der Waals surface area contributed by atoms with Gasteiger partial charge < -0.3 is 9.64 Å². The van der Waals surface area contributed by atoms with E-state index in [4.69, 9.17) is 4.74 Å². The van der Waals surface area contributed by atoms with Crippen LogP contribution in [-0.4, -0.2) is 36.6 Å². The van der Waals surface area contributed by atoms with Gasteiger partial charge in [-0.05, 0) is 51.2 Å². The third-order valence-corrected chi connectivity index (χ3v) is 4.72. The maximum Gasteiger partial charge on any atom is 0.123 e. The molecule has 19 heavy (non-hydrogen) atoms. The number of likely N-dealkylation sites (tertiary alicyclic amines) is 1. The summed E-state index contributed by atoms with van der Waals surface area (Å²) in [5.74, 6) is 1.07. The molecule has 0 saturated carbocycles. The van der Waals surface area contributed by atoms with E-state index in [0.717, 1.165) is 31.0 Å². The number of aromatic nitrogens is 1. The van der Waals surface area contributed by atoms with Gasteiger partial charge in [0.05, 0.1) is 12.1 Å². The number of hydrogen-bond acceptors (Lipinski definition) is 3. The monoisotopic (exact) mass is 254 g/mol. The Hall–Kier alpha value is -1.61. The highest BCUT2D eigenvalue weighted by atomic mass is 16.5. The molecule has 1 spiro atoms. The van der Waals surface area contributed by atoms with Gasteiger partial charge in [0.1, 0.15) is 5.75 Å². The van der Waals surface area contributed by atoms with Gasteiger partial charge in [-0.2, -0.15) is 0 Å². The molecule has 3 heteroatoms. The molecule has 1 saturated heterocycles. The first kappa shape index (κ1) is 11.2. The Kier molecular flexibility index (Phi) is 2.33. The lowest BCUT2D eigenvalue weighted by molar-refractivity contribution is 0.155. The van der Waals surface area contributed by atoms with Crippen molar-refractivity contribution in [3.63, 3.8) is 0 Å². The minimum absolute atomic E-state index is 0.230. The number of pyridine rings is 1. The number of benzene rings is 1. The third-order valence-electron chi connectivity index (χ3n) is 4.72. The van der Waals surface area contributed by atoms with Crippen molar-refractivity contribution < 1.29 is 4.74 Å². The smallest absolute Gasteiger partial charge is 0.123 e. The van der Waals surface area contributed by atoms with E-state index in [-0.39, 0.29) is 5.41 Å². The first-order valence-electron chi connectivity index (χ1n) is 6.97. The average molecular weight is 254 g/mol. The van der Waals surface area contributed by atoms with Gasteiger partial charge in [-0.15, -0.1) is 0 Å². The summed E-state index contributed by atoms with van der Waals surface area (Å²) in [4.78, 5) is 6.89. The van der Waals surface area contributed by atoms with Crippen LogP contribution in [0.25, 0.3) is 10.9 Å². The number of ether oxygens (including phenoxy) is 1. The van der Waals surface area contributed by atoms with E-state index in [2.05, 4.69) is 35.1 Å². The summed E-state index contributed by atoms with van der Waals surface area (Å²) in [7, 11) is 2.20. The van der Waals surface area contributed by atoms with E-state index in [9.17, 15) is 0 Å². The summed E-state index contributed by atoms with van der Waals surface area (Å²) < 4.78 is 5.99. The predicted molar refractivity (Wildman–Crippen MR) is 75.6 cm³/mol. The second-order valence-corrected chi connectivity index (χ2v) is 5.92. The second-order valence-electron chi connectivity index (χ2n) is 5.92. The Morgan fingerprint density at radius 1 is 1.26 bits per heavy atom. The maximum atomic E-state index is 5.99. The first-order chi connectivity index (χ1) is 9.27. The molecular weight excluding hydrogens is 236 g/mol. The van der Waals surface area contributed by atoms with Crippen LogP contribution < -0.4 is 4.74 Å². The summed E-state index contributed by atoms with van der Waals surface area (Å²) in [6, 6.07) is 8.49. The quantitative estimate of drug-likeness (QED) is 0.722. The Morgan fingerprint density at radius 3 is 2.95 bits per heavy atom. The topological polar surface area (TPSA) is 25.4 Å². The predicted octanol–water partition coefficient (Wildman–Crippen LogP) is 2.59. The van der Waals surface area contributed by atoms with Gasteiger partial charge in [0.25, 0.3) is 0 Å². The summed E-state index contributed by atoms with van der Waals surface area (Å²) in [6.45, 7) is 3.15. The minimum Gasteiger partial charge on any atom is -0.492 e. The average Bonchev–Trinajstić information content (AvgIpc) is 2.78. The SMILES string of the molecule is CN1CCC2(CC1)COc1cc3cccnc3cc12. The van der Waals surface area contributed by atoms with Crippen molar-refractivity contribution in [1.82, 2.24) is 9.88 Å². The number of hydrogen-bond donors (Lipinski definition) is 0. The molecule has 3 heterocycles. The molecule has 0 bridgehead atoms. The summed E-state index contributed by atoms with van der Waals surface area (Å²) in [5.41, 5.74) is 2.70. The Balaban J connectivity index is 1.83. The lowest BCUT2D eigenvalue weighted by Gasteiger charge is -2.36. The number of rotatable bonds is 0. The largest absolute Gasteiger partial charge is 0.492 e. The van der Waals surface area contributed by atoms with Gasteiger partial charge in [0.15, 0.2) is 0 Å². The molecule has 2 aliphatic rings. The van der Waals surface area contributed by atoms with Crippen molar-refractivity contribution in [3.05, 3.63) is 36.0 Å². The zero-order chi connectivity index (χ0) is 12.9. The van der Waals surface area contributed by atoms with Crippen molar-refractivity contribution in [2.24, 2.45) is 0 Å². The molecule has 98 valence electrons. The van der Waals surface area contributed by atoms with Crippen LogP contribution in [0, 0.1) is 0 Å². The molecule has 3 nitrogen and oxygen atoms in total. The van der Waals surface area contributed by atoms with Crippen LogP contribution in [0.3, 0.4) is 0 Å². The van der Waals surface area contributed by atoms with Crippen LogP contribution >= 0.6 is 0 Å². The van der Waals surface area contributed by atoms with Gasteiger partial charge in [0.2, 0.25) is 0 Å². The van der Waals surface area contributed by atoms with E-state index in [0.29, 0.717) is 0 Å². The molecular formula is C16H18N2O. The van der Waals surface area contributed by atoms with Crippen LogP contribution in [0.1, 0.15) is 18.4 Å². The molecule has 2 aliphatic heterocycles. The van der Waals surface area contributed by atoms with E-state index in [1.54, 1.807) is 0 Å². The van der Waals surface area contributed by atoms with Crippen LogP contribution in [0.5, 0.6) is 5.75 Å². The highest BCUT2D eigenvalue weighted by Gasteiger charge is 2.42. The second kappa shape index (κ2) is 3.94. The summed E-state index contributed by atoms with van der Waals surface area (Å²) in [6.07, 6.45) is 4.25. The summed E-state index contributed by atoms with van der Waals surface area (Å²) in [5, 5.41) is 1.17. The van der Waals surface area contributed by atoms with Crippen molar-refractivity contribution in [2.75, 3.05) is 26.7 Å². The van der Waals surface area contributed by atoms with E-state index in [1.807, 2.05) is 12.3 Å². The standard InChI is InChI=1S/C16H18N2O/c1-18-7-4-16(5-8-18)11-19-15-9-12-3-2-6-17-14(12)10-13(15)16/h2-3,6,9-10H,4-5,7-8,11H2,1H3. The normalized spacial score (nSPS) is 21.5. The van der Waals surface area contributed by atoms with Crippen LogP contribution in [-0.2, 0) is 5.41 Å². The zero-order valence-corrected chi connectivity index (χ0v) is 11.2. The third kappa shape index (κ3) is 1.65. The molecule has 0 radical (unpaired) electrons. The molecule has 0 atom stereocenters. The number of piperidine rings is 1. The molecule has 4 rings (SSSR count). The van der Waals surface area contributed by atoms with Crippen molar-refractivity contribution in [1.29, 1.82) is 0 Å². The highest BCUT2D eigenvalue weighted by Crippen LogP contribution is 2.46. The van der Waals surface area contributed by atoms with Gasteiger partial charge in [-0.3, -0.25) is 4.98 Å². The molecule has 0 unspecified atom stereocenters. The molecule has 1 fully saturated rings. The fourth-order valence-electron chi connectivity index (χ4n) is 3.39. The van der Waals surface area contributed by atoms with Gasteiger partial charge in [-0.25, -0.2) is 0 Å². The Morgan fingerprint density at radius 2 is 2.11 bits per heavy atom. The van der Waals surface area contributed by atoms with Gasteiger partial charge in [0, 0.05) is 22.6 Å².